The van der Waals surface area contributed by atoms with Crippen LogP contribution in [0, 0.1) is 5.92 Å². The lowest BCUT2D eigenvalue weighted by Crippen LogP contribution is -2.06. The van der Waals surface area contributed by atoms with Crippen LogP contribution in [-0.2, 0) is 12.2 Å². The third-order valence-corrected chi connectivity index (χ3v) is 4.14. The van der Waals surface area contributed by atoms with Crippen molar-refractivity contribution in [1.29, 1.82) is 0 Å². The molecule has 0 saturated heterocycles. The molecule has 20 heavy (non-hydrogen) atoms. The second kappa shape index (κ2) is 8.07. The van der Waals surface area contributed by atoms with Crippen LogP contribution in [-0.4, -0.2) is 16.7 Å². The molecule has 0 spiro atoms. The van der Waals surface area contributed by atoms with E-state index in [1.54, 1.807) is 11.8 Å². The van der Waals surface area contributed by atoms with Crippen LogP contribution in [0.2, 0.25) is 0 Å². The van der Waals surface area contributed by atoms with Crippen molar-refractivity contribution in [2.24, 2.45) is 11.7 Å². The number of nitrogens with two attached hydrogens (primary N) is 1. The van der Waals surface area contributed by atoms with Crippen molar-refractivity contribution < 1.29 is 4.52 Å². The summed E-state index contributed by atoms with van der Waals surface area (Å²) in [6.07, 6.45) is 2.93. The molecule has 0 saturated carbocycles. The highest BCUT2D eigenvalue weighted by atomic mass is 32.2. The van der Waals surface area contributed by atoms with Crippen molar-refractivity contribution in [2.45, 2.75) is 36.8 Å². The number of aromatic nitrogens is 2. The fourth-order valence-corrected chi connectivity index (χ4v) is 2.68. The van der Waals surface area contributed by atoms with Gasteiger partial charge in [-0.3, -0.25) is 0 Å². The van der Waals surface area contributed by atoms with Crippen LogP contribution in [0.25, 0.3) is 0 Å². The van der Waals surface area contributed by atoms with Crippen molar-refractivity contribution in [3.8, 4) is 0 Å². The SMILES string of the molecule is CC(CCN)CCc1nc(CSc2ccccc2)no1. The van der Waals surface area contributed by atoms with Gasteiger partial charge < -0.3 is 10.3 Å². The second-order valence-electron chi connectivity index (χ2n) is 4.93. The van der Waals surface area contributed by atoms with Crippen molar-refractivity contribution >= 4 is 11.8 Å². The zero-order chi connectivity index (χ0) is 14.2. The van der Waals surface area contributed by atoms with Crippen LogP contribution in [0.3, 0.4) is 0 Å². The first kappa shape index (κ1) is 15.1. The minimum atomic E-state index is 0.606. The van der Waals surface area contributed by atoms with E-state index in [1.807, 2.05) is 18.2 Å². The van der Waals surface area contributed by atoms with E-state index < -0.39 is 0 Å². The van der Waals surface area contributed by atoms with Gasteiger partial charge in [-0.15, -0.1) is 11.8 Å². The molecule has 0 fully saturated rings. The van der Waals surface area contributed by atoms with Gasteiger partial charge in [0, 0.05) is 11.3 Å². The fraction of sp³-hybridized carbons (Fsp3) is 0.467. The average Bonchev–Trinajstić information content (AvgIpc) is 2.92. The normalized spacial score (nSPS) is 12.5. The molecule has 0 amide bonds. The lowest BCUT2D eigenvalue weighted by Gasteiger charge is -2.06. The van der Waals surface area contributed by atoms with Gasteiger partial charge in [-0.1, -0.05) is 30.3 Å². The van der Waals surface area contributed by atoms with E-state index in [0.29, 0.717) is 5.92 Å². The van der Waals surface area contributed by atoms with Gasteiger partial charge in [-0.05, 0) is 37.4 Å². The Balaban J connectivity index is 1.77. The molecule has 1 aromatic heterocycles. The van der Waals surface area contributed by atoms with Crippen LogP contribution in [0.4, 0.5) is 0 Å². The summed E-state index contributed by atoms with van der Waals surface area (Å²) in [4.78, 5) is 5.65. The first-order valence-electron chi connectivity index (χ1n) is 6.97. The molecular weight excluding hydrogens is 270 g/mol. The summed E-state index contributed by atoms with van der Waals surface area (Å²) in [6.45, 7) is 2.94. The average molecular weight is 291 g/mol. The number of benzene rings is 1. The molecule has 108 valence electrons. The van der Waals surface area contributed by atoms with E-state index in [9.17, 15) is 0 Å². The van der Waals surface area contributed by atoms with E-state index in [4.69, 9.17) is 10.3 Å². The van der Waals surface area contributed by atoms with E-state index in [1.165, 1.54) is 4.90 Å². The molecule has 4 nitrogen and oxygen atoms in total. The molecule has 0 aliphatic rings. The second-order valence-corrected chi connectivity index (χ2v) is 5.98. The molecule has 1 aromatic carbocycles. The van der Waals surface area contributed by atoms with Gasteiger partial charge in [0.15, 0.2) is 5.82 Å². The standard InChI is InChI=1S/C15H21N3OS/c1-12(9-10-16)7-8-15-17-14(18-19-15)11-20-13-5-3-2-4-6-13/h2-6,12H,7-11,16H2,1H3. The molecule has 0 bridgehead atoms. The van der Waals surface area contributed by atoms with Gasteiger partial charge in [0.1, 0.15) is 0 Å². The molecular formula is C15H21N3OS. The number of hydrogen-bond acceptors (Lipinski definition) is 5. The topological polar surface area (TPSA) is 64.9 Å². The van der Waals surface area contributed by atoms with Crippen molar-refractivity contribution in [3.05, 3.63) is 42.0 Å². The van der Waals surface area contributed by atoms with Gasteiger partial charge in [-0.2, -0.15) is 4.98 Å². The zero-order valence-corrected chi connectivity index (χ0v) is 12.6. The van der Waals surface area contributed by atoms with Gasteiger partial charge >= 0.3 is 0 Å². The summed E-state index contributed by atoms with van der Waals surface area (Å²) in [6, 6.07) is 10.2. The predicted octanol–water partition coefficient (Wildman–Crippen LogP) is 3.28. The third-order valence-electron chi connectivity index (χ3n) is 3.13. The van der Waals surface area contributed by atoms with E-state index >= 15 is 0 Å². The van der Waals surface area contributed by atoms with Crippen molar-refractivity contribution in [1.82, 2.24) is 10.1 Å². The van der Waals surface area contributed by atoms with Crippen molar-refractivity contribution in [2.75, 3.05) is 6.54 Å². The van der Waals surface area contributed by atoms with Crippen LogP contribution >= 0.6 is 11.8 Å². The molecule has 0 aliphatic carbocycles. The lowest BCUT2D eigenvalue weighted by molar-refractivity contribution is 0.359. The lowest BCUT2D eigenvalue weighted by atomic mass is 10.0. The first-order valence-corrected chi connectivity index (χ1v) is 7.96. The van der Waals surface area contributed by atoms with Gasteiger partial charge in [0.25, 0.3) is 0 Å². The number of rotatable bonds is 8. The zero-order valence-electron chi connectivity index (χ0n) is 11.8. The highest BCUT2D eigenvalue weighted by molar-refractivity contribution is 7.98. The summed E-state index contributed by atoms with van der Waals surface area (Å²) >= 11 is 1.72. The summed E-state index contributed by atoms with van der Waals surface area (Å²) in [5, 5.41) is 4.02. The molecule has 0 aliphatic heterocycles. The maximum atomic E-state index is 5.54. The van der Waals surface area contributed by atoms with Crippen LogP contribution in [0.15, 0.2) is 39.8 Å². The Morgan fingerprint density at radius 2 is 2.05 bits per heavy atom. The summed E-state index contributed by atoms with van der Waals surface area (Å²) in [5.74, 6) is 2.85. The van der Waals surface area contributed by atoms with E-state index in [-0.39, 0.29) is 0 Å². The Kier molecular flexibility index (Phi) is 6.08. The number of aryl methyl sites for hydroxylation is 1. The Morgan fingerprint density at radius 1 is 1.25 bits per heavy atom. The predicted molar refractivity (Wildman–Crippen MR) is 81.5 cm³/mol. The molecule has 1 atom stereocenters. The van der Waals surface area contributed by atoms with E-state index in [0.717, 1.165) is 43.3 Å². The molecule has 2 aromatic rings. The summed E-state index contributed by atoms with van der Waals surface area (Å²) in [5.41, 5.74) is 5.54. The largest absolute Gasteiger partial charge is 0.339 e. The number of nitrogens with zero attached hydrogens (tertiary/aromatic N) is 2. The quantitative estimate of drug-likeness (QED) is 0.756. The molecule has 5 heteroatoms. The first-order chi connectivity index (χ1) is 9.78. The Hall–Kier alpha value is -1.33. The number of hydrogen-bond donors (Lipinski definition) is 1. The highest BCUT2D eigenvalue weighted by Crippen LogP contribution is 2.21. The van der Waals surface area contributed by atoms with Gasteiger partial charge in [0.2, 0.25) is 5.89 Å². The van der Waals surface area contributed by atoms with Crippen LogP contribution < -0.4 is 5.73 Å². The minimum Gasteiger partial charge on any atom is -0.339 e. The third kappa shape index (κ3) is 4.98. The summed E-state index contributed by atoms with van der Waals surface area (Å²) in [7, 11) is 0. The minimum absolute atomic E-state index is 0.606. The van der Waals surface area contributed by atoms with Crippen molar-refractivity contribution in [3.63, 3.8) is 0 Å². The highest BCUT2D eigenvalue weighted by Gasteiger charge is 2.09. The van der Waals surface area contributed by atoms with Gasteiger partial charge in [-0.25, -0.2) is 0 Å². The molecule has 2 N–H and O–H groups in total. The molecule has 1 heterocycles. The molecule has 2 rings (SSSR count). The van der Waals surface area contributed by atoms with Gasteiger partial charge in [0.05, 0.1) is 5.75 Å². The smallest absolute Gasteiger partial charge is 0.226 e. The van der Waals surface area contributed by atoms with E-state index in [2.05, 4.69) is 29.2 Å². The Bertz CT molecular complexity index is 501. The molecule has 1 unspecified atom stereocenters. The number of thioether (sulfide) groups is 1. The Labute approximate surface area is 124 Å². The Morgan fingerprint density at radius 3 is 2.80 bits per heavy atom. The van der Waals surface area contributed by atoms with Crippen LogP contribution in [0.5, 0.6) is 0 Å². The summed E-state index contributed by atoms with van der Waals surface area (Å²) < 4.78 is 5.28. The maximum absolute atomic E-state index is 5.54. The molecule has 0 radical (unpaired) electrons. The fourth-order valence-electron chi connectivity index (χ4n) is 1.91. The monoisotopic (exact) mass is 291 g/mol. The van der Waals surface area contributed by atoms with Crippen LogP contribution in [0.1, 0.15) is 31.5 Å². The maximum Gasteiger partial charge on any atom is 0.226 e.